The third-order valence-corrected chi connectivity index (χ3v) is 4.41. The number of carbonyl (C=O) groups excluding carboxylic acids is 2. The first-order valence-corrected chi connectivity index (χ1v) is 8.80. The zero-order valence-corrected chi connectivity index (χ0v) is 15.3. The maximum Gasteiger partial charge on any atom is 0.330 e. The molecule has 2 aromatic heterocycles. The molecule has 0 spiro atoms. The largest absolute Gasteiger partial charge is 0.454 e. The van der Waals surface area contributed by atoms with Crippen LogP contribution < -0.4 is 5.32 Å². The lowest BCUT2D eigenvalue weighted by Gasteiger charge is -2.08. The molecule has 0 radical (unpaired) electrons. The Morgan fingerprint density at radius 3 is 2.92 bits per heavy atom. The Hall–Kier alpha value is -2.78. The minimum absolute atomic E-state index is 0.239. The third kappa shape index (κ3) is 4.64. The summed E-state index contributed by atoms with van der Waals surface area (Å²) < 4.78 is 4.92. The maximum absolute atomic E-state index is 11.9. The van der Waals surface area contributed by atoms with Crippen LogP contribution in [0.1, 0.15) is 5.56 Å². The van der Waals surface area contributed by atoms with Crippen LogP contribution in [0.3, 0.4) is 0 Å². The second-order valence-corrected chi connectivity index (χ2v) is 6.67. The van der Waals surface area contributed by atoms with Crippen molar-refractivity contribution in [3.8, 4) is 10.7 Å². The number of nitrogens with zero attached hydrogens (tertiary/aromatic N) is 4. The summed E-state index contributed by atoms with van der Waals surface area (Å²) in [6.07, 6.45) is 0. The van der Waals surface area contributed by atoms with Crippen LogP contribution in [0.2, 0.25) is 5.02 Å². The SMILES string of the molecule is Cc1ccc(NC(=O)COC(=O)Cn2nnc(-c3cccs3)n2)c(Cl)c1. The molecule has 26 heavy (non-hydrogen) atoms. The van der Waals surface area contributed by atoms with Crippen molar-refractivity contribution in [3.05, 3.63) is 46.3 Å². The molecule has 1 aromatic carbocycles. The van der Waals surface area contributed by atoms with E-state index in [1.54, 1.807) is 12.1 Å². The van der Waals surface area contributed by atoms with Gasteiger partial charge in [0.15, 0.2) is 13.2 Å². The van der Waals surface area contributed by atoms with Crippen molar-refractivity contribution in [2.45, 2.75) is 13.5 Å². The molecule has 0 fully saturated rings. The number of hydrogen-bond donors (Lipinski definition) is 1. The van der Waals surface area contributed by atoms with Crippen molar-refractivity contribution in [2.24, 2.45) is 0 Å². The van der Waals surface area contributed by atoms with Gasteiger partial charge in [0, 0.05) is 0 Å². The number of thiophene rings is 1. The Bertz CT molecular complexity index is 926. The third-order valence-electron chi connectivity index (χ3n) is 3.23. The molecule has 2 heterocycles. The van der Waals surface area contributed by atoms with Crippen LogP contribution in [0, 0.1) is 6.92 Å². The second-order valence-electron chi connectivity index (χ2n) is 5.31. The number of aryl methyl sites for hydroxylation is 1. The summed E-state index contributed by atoms with van der Waals surface area (Å²) in [6.45, 7) is 1.22. The molecule has 134 valence electrons. The molecule has 1 amide bonds. The van der Waals surface area contributed by atoms with Crippen LogP contribution in [-0.4, -0.2) is 38.7 Å². The monoisotopic (exact) mass is 391 g/mol. The van der Waals surface area contributed by atoms with Gasteiger partial charge >= 0.3 is 5.97 Å². The van der Waals surface area contributed by atoms with Gasteiger partial charge in [0.1, 0.15) is 0 Å². The lowest BCUT2D eigenvalue weighted by atomic mass is 10.2. The van der Waals surface area contributed by atoms with Crippen LogP contribution in [0.15, 0.2) is 35.7 Å². The van der Waals surface area contributed by atoms with Gasteiger partial charge in [-0.05, 0) is 41.3 Å². The van der Waals surface area contributed by atoms with Crippen LogP contribution >= 0.6 is 22.9 Å². The predicted octanol–water partition coefficient (Wildman–Crippen LogP) is 2.55. The number of benzene rings is 1. The van der Waals surface area contributed by atoms with E-state index in [0.29, 0.717) is 16.5 Å². The van der Waals surface area contributed by atoms with E-state index >= 15 is 0 Å². The summed E-state index contributed by atoms with van der Waals surface area (Å²) in [5.74, 6) is -0.709. The lowest BCUT2D eigenvalue weighted by molar-refractivity contribution is -0.148. The van der Waals surface area contributed by atoms with E-state index in [4.69, 9.17) is 16.3 Å². The molecule has 1 N–H and O–H groups in total. The van der Waals surface area contributed by atoms with Crippen LogP contribution in [0.5, 0.6) is 0 Å². The predicted molar refractivity (Wildman–Crippen MR) is 96.9 cm³/mol. The minimum atomic E-state index is -0.648. The van der Waals surface area contributed by atoms with Crippen molar-refractivity contribution in [1.82, 2.24) is 20.2 Å². The van der Waals surface area contributed by atoms with Gasteiger partial charge in [-0.2, -0.15) is 4.80 Å². The van der Waals surface area contributed by atoms with Gasteiger partial charge in [0.05, 0.1) is 15.6 Å². The molecular weight excluding hydrogens is 378 g/mol. The van der Waals surface area contributed by atoms with Gasteiger partial charge in [-0.25, -0.2) is 4.79 Å². The first kappa shape index (κ1) is 18.0. The van der Waals surface area contributed by atoms with Crippen molar-refractivity contribution in [1.29, 1.82) is 0 Å². The topological polar surface area (TPSA) is 99.0 Å². The van der Waals surface area contributed by atoms with Crippen LogP contribution in [0.4, 0.5) is 5.69 Å². The highest BCUT2D eigenvalue weighted by atomic mass is 35.5. The van der Waals surface area contributed by atoms with Crippen molar-refractivity contribution >= 4 is 40.5 Å². The summed E-state index contributed by atoms with van der Waals surface area (Å²) in [5.41, 5.74) is 1.43. The summed E-state index contributed by atoms with van der Waals surface area (Å²) in [6, 6.07) is 8.95. The number of rotatable bonds is 6. The number of amides is 1. The molecule has 0 unspecified atom stereocenters. The Morgan fingerprint density at radius 2 is 2.19 bits per heavy atom. The minimum Gasteiger partial charge on any atom is -0.454 e. The number of anilines is 1. The normalized spacial score (nSPS) is 10.5. The van der Waals surface area contributed by atoms with Crippen molar-refractivity contribution in [3.63, 3.8) is 0 Å². The number of hydrogen-bond acceptors (Lipinski definition) is 7. The fourth-order valence-corrected chi connectivity index (χ4v) is 2.96. The molecule has 10 heteroatoms. The summed E-state index contributed by atoms with van der Waals surface area (Å²) in [7, 11) is 0. The van der Waals surface area contributed by atoms with Crippen LogP contribution in [0.25, 0.3) is 10.7 Å². The molecule has 0 saturated carbocycles. The van der Waals surface area contributed by atoms with Crippen LogP contribution in [-0.2, 0) is 20.9 Å². The van der Waals surface area contributed by atoms with Gasteiger partial charge in [-0.3, -0.25) is 4.79 Å². The molecular formula is C16H14ClN5O3S. The van der Waals surface area contributed by atoms with E-state index in [9.17, 15) is 9.59 Å². The number of carbonyl (C=O) groups is 2. The number of ether oxygens (including phenoxy) is 1. The Kier molecular flexibility index (Phi) is 5.59. The van der Waals surface area contributed by atoms with Crippen molar-refractivity contribution in [2.75, 3.05) is 11.9 Å². The molecule has 0 atom stereocenters. The molecule has 0 aliphatic heterocycles. The van der Waals surface area contributed by atoms with E-state index in [-0.39, 0.29) is 6.54 Å². The standard InChI is InChI=1S/C16H14ClN5O3S/c1-10-4-5-12(11(17)7-10)18-14(23)9-25-15(24)8-22-20-16(19-21-22)13-3-2-6-26-13/h2-7H,8-9H2,1H3,(H,18,23). The number of tetrazole rings is 1. The zero-order valence-electron chi connectivity index (χ0n) is 13.7. The molecule has 0 saturated heterocycles. The van der Waals surface area contributed by atoms with Gasteiger partial charge in [0.25, 0.3) is 5.91 Å². The zero-order chi connectivity index (χ0) is 18.5. The summed E-state index contributed by atoms with van der Waals surface area (Å²) in [4.78, 5) is 25.7. The Labute approximate surface area is 157 Å². The molecule has 8 nitrogen and oxygen atoms in total. The fourth-order valence-electron chi connectivity index (χ4n) is 2.03. The quantitative estimate of drug-likeness (QED) is 0.648. The van der Waals surface area contributed by atoms with Gasteiger partial charge < -0.3 is 10.1 Å². The maximum atomic E-state index is 11.9. The molecule has 0 aliphatic carbocycles. The average molecular weight is 392 g/mol. The van der Waals surface area contributed by atoms with Gasteiger partial charge in [-0.1, -0.05) is 23.7 Å². The van der Waals surface area contributed by atoms with Gasteiger partial charge in [0.2, 0.25) is 5.82 Å². The summed E-state index contributed by atoms with van der Waals surface area (Å²) in [5, 5.41) is 16.6. The molecule has 3 aromatic rings. The Balaban J connectivity index is 1.48. The lowest BCUT2D eigenvalue weighted by Crippen LogP contribution is -2.23. The van der Waals surface area contributed by atoms with E-state index in [0.717, 1.165) is 15.2 Å². The first-order chi connectivity index (χ1) is 12.5. The van der Waals surface area contributed by atoms with E-state index in [1.165, 1.54) is 11.3 Å². The fraction of sp³-hybridized carbons (Fsp3) is 0.188. The van der Waals surface area contributed by atoms with Crippen molar-refractivity contribution < 1.29 is 14.3 Å². The number of nitrogens with one attached hydrogen (secondary N) is 1. The highest BCUT2D eigenvalue weighted by Crippen LogP contribution is 2.22. The van der Waals surface area contributed by atoms with E-state index < -0.39 is 18.5 Å². The highest BCUT2D eigenvalue weighted by Gasteiger charge is 2.13. The van der Waals surface area contributed by atoms with Gasteiger partial charge in [-0.15, -0.1) is 21.5 Å². The second kappa shape index (κ2) is 8.07. The number of halogens is 1. The number of aromatic nitrogens is 4. The molecule has 0 aliphatic rings. The highest BCUT2D eigenvalue weighted by molar-refractivity contribution is 7.13. The Morgan fingerprint density at radius 1 is 1.35 bits per heavy atom. The van der Waals surface area contributed by atoms with E-state index in [2.05, 4.69) is 20.7 Å². The van der Waals surface area contributed by atoms with E-state index in [1.807, 2.05) is 30.5 Å². The molecule has 3 rings (SSSR count). The molecule has 0 bridgehead atoms. The smallest absolute Gasteiger partial charge is 0.330 e. The average Bonchev–Trinajstić information content (AvgIpc) is 3.27. The first-order valence-electron chi connectivity index (χ1n) is 7.54. The number of esters is 1. The summed E-state index contributed by atoms with van der Waals surface area (Å²) >= 11 is 7.51.